The smallest absolute Gasteiger partial charge is 0.268 e. The first-order valence-electron chi connectivity index (χ1n) is 9.71. The lowest BCUT2D eigenvalue weighted by Gasteiger charge is -2.25. The van der Waals surface area contributed by atoms with Crippen molar-refractivity contribution in [2.24, 2.45) is 0 Å². The lowest BCUT2D eigenvalue weighted by atomic mass is 10.1. The van der Waals surface area contributed by atoms with E-state index in [9.17, 15) is 13.2 Å². The summed E-state index contributed by atoms with van der Waals surface area (Å²) in [5.74, 6) is -0.158. The molecular formula is C22H30N2O5S. The summed E-state index contributed by atoms with van der Waals surface area (Å²) in [7, 11) is -1.04. The second-order valence-corrected chi connectivity index (χ2v) is 8.96. The van der Waals surface area contributed by atoms with Crippen molar-refractivity contribution in [3.8, 4) is 5.75 Å². The van der Waals surface area contributed by atoms with Gasteiger partial charge in [0.2, 0.25) is 5.91 Å². The molecule has 0 saturated heterocycles. The molecule has 0 aromatic heterocycles. The van der Waals surface area contributed by atoms with Gasteiger partial charge in [0.15, 0.2) is 0 Å². The largest absolute Gasteiger partial charge is 0.495 e. The minimum atomic E-state index is -4.06. The Morgan fingerprint density at radius 3 is 2.40 bits per heavy atom. The summed E-state index contributed by atoms with van der Waals surface area (Å²) in [5.41, 5.74) is 3.17. The van der Waals surface area contributed by atoms with E-state index < -0.39 is 10.0 Å². The molecule has 0 aliphatic rings. The molecule has 7 nitrogen and oxygen atoms in total. The van der Waals surface area contributed by atoms with Gasteiger partial charge in [-0.2, -0.15) is 0 Å². The van der Waals surface area contributed by atoms with Gasteiger partial charge in [0.1, 0.15) is 17.2 Å². The SMILES string of the molecule is COCCCNC(=O)CN(c1ccc(C)c(C)c1)S(=O)(=O)c1cc(C)ccc1OC. The molecule has 0 spiro atoms. The van der Waals surface area contributed by atoms with Gasteiger partial charge in [-0.05, 0) is 68.1 Å². The topological polar surface area (TPSA) is 84.9 Å². The number of ether oxygens (including phenoxy) is 2. The van der Waals surface area contributed by atoms with Crippen molar-refractivity contribution in [2.75, 3.05) is 38.2 Å². The second-order valence-electron chi connectivity index (χ2n) is 7.13. The molecule has 0 saturated carbocycles. The van der Waals surface area contributed by atoms with Crippen LogP contribution < -0.4 is 14.4 Å². The first kappa shape index (κ1) is 23.7. The van der Waals surface area contributed by atoms with Crippen LogP contribution in [-0.4, -0.2) is 48.2 Å². The van der Waals surface area contributed by atoms with Gasteiger partial charge in [-0.25, -0.2) is 8.42 Å². The van der Waals surface area contributed by atoms with Crippen LogP contribution in [0.3, 0.4) is 0 Å². The molecule has 30 heavy (non-hydrogen) atoms. The highest BCUT2D eigenvalue weighted by Crippen LogP contribution is 2.31. The molecule has 1 N–H and O–H groups in total. The third-order valence-electron chi connectivity index (χ3n) is 4.80. The van der Waals surface area contributed by atoms with Crippen molar-refractivity contribution in [1.29, 1.82) is 0 Å². The fourth-order valence-corrected chi connectivity index (χ4v) is 4.59. The summed E-state index contributed by atoms with van der Waals surface area (Å²) in [6, 6.07) is 10.3. The van der Waals surface area contributed by atoms with E-state index in [2.05, 4.69) is 5.32 Å². The number of hydrogen-bond donors (Lipinski definition) is 1. The quantitative estimate of drug-likeness (QED) is 0.581. The maximum atomic E-state index is 13.6. The van der Waals surface area contributed by atoms with Crippen molar-refractivity contribution >= 4 is 21.6 Å². The minimum absolute atomic E-state index is 0.0235. The number of aryl methyl sites for hydroxylation is 3. The van der Waals surface area contributed by atoms with Crippen molar-refractivity contribution in [2.45, 2.75) is 32.1 Å². The van der Waals surface area contributed by atoms with Crippen LogP contribution in [0.25, 0.3) is 0 Å². The van der Waals surface area contributed by atoms with Crippen molar-refractivity contribution < 1.29 is 22.7 Å². The maximum Gasteiger partial charge on any atom is 0.268 e. The fourth-order valence-electron chi connectivity index (χ4n) is 2.93. The number of carbonyl (C=O) groups excluding carboxylic acids is 1. The van der Waals surface area contributed by atoms with Gasteiger partial charge >= 0.3 is 0 Å². The van der Waals surface area contributed by atoms with Crippen molar-refractivity contribution in [3.05, 3.63) is 53.1 Å². The highest BCUT2D eigenvalue weighted by atomic mass is 32.2. The molecule has 8 heteroatoms. The molecule has 0 radical (unpaired) electrons. The molecule has 1 amide bonds. The Bertz CT molecular complexity index is 989. The third-order valence-corrected chi connectivity index (χ3v) is 6.60. The Hall–Kier alpha value is -2.58. The Morgan fingerprint density at radius 1 is 1.03 bits per heavy atom. The van der Waals surface area contributed by atoms with Crippen molar-refractivity contribution in [3.63, 3.8) is 0 Å². The van der Waals surface area contributed by atoms with Gasteiger partial charge in [-0.1, -0.05) is 12.1 Å². The van der Waals surface area contributed by atoms with Gasteiger partial charge in [-0.15, -0.1) is 0 Å². The first-order chi connectivity index (χ1) is 14.2. The van der Waals surface area contributed by atoms with E-state index in [4.69, 9.17) is 9.47 Å². The molecule has 2 rings (SSSR count). The predicted octanol–water partition coefficient (Wildman–Crippen LogP) is 2.97. The van der Waals surface area contributed by atoms with Gasteiger partial charge in [0.05, 0.1) is 12.8 Å². The predicted molar refractivity (Wildman–Crippen MR) is 118 cm³/mol. The molecule has 0 fully saturated rings. The first-order valence-corrected chi connectivity index (χ1v) is 11.1. The average molecular weight is 435 g/mol. The molecule has 0 heterocycles. The number of nitrogens with zero attached hydrogens (tertiary/aromatic N) is 1. The van der Waals surface area contributed by atoms with E-state index >= 15 is 0 Å². The Labute approximate surface area is 179 Å². The van der Waals surface area contributed by atoms with Crippen LogP contribution in [-0.2, 0) is 19.6 Å². The van der Waals surface area contributed by atoms with E-state index in [1.807, 2.05) is 19.9 Å². The van der Waals surface area contributed by atoms with Crippen LogP contribution in [0, 0.1) is 20.8 Å². The molecule has 0 atom stereocenters. The standard InChI is InChI=1S/C22H30N2O5S/c1-16-7-10-20(29-5)21(13-16)30(26,27)24(15-22(25)23-11-6-12-28-4)19-9-8-17(2)18(3)14-19/h7-10,13-14H,6,11-12,15H2,1-5H3,(H,23,25). The number of sulfonamides is 1. The molecule has 0 aliphatic heterocycles. The average Bonchev–Trinajstić information content (AvgIpc) is 2.71. The number of rotatable bonds is 10. The Balaban J connectivity index is 2.46. The van der Waals surface area contributed by atoms with Gasteiger partial charge < -0.3 is 14.8 Å². The zero-order chi connectivity index (χ0) is 22.3. The molecule has 2 aromatic rings. The van der Waals surface area contributed by atoms with Crippen molar-refractivity contribution in [1.82, 2.24) is 5.32 Å². The van der Waals surface area contributed by atoms with E-state index in [0.717, 1.165) is 21.0 Å². The summed E-state index contributed by atoms with van der Waals surface area (Å²) in [6.45, 7) is 6.24. The zero-order valence-corrected chi connectivity index (χ0v) is 19.0. The highest BCUT2D eigenvalue weighted by Gasteiger charge is 2.30. The normalized spacial score (nSPS) is 11.2. The molecule has 2 aromatic carbocycles. The van der Waals surface area contributed by atoms with E-state index in [1.165, 1.54) is 7.11 Å². The van der Waals surface area contributed by atoms with Crippen LogP contribution >= 0.6 is 0 Å². The molecule has 0 unspecified atom stereocenters. The maximum absolute atomic E-state index is 13.6. The number of amides is 1. The van der Waals surface area contributed by atoms with Crippen LogP contribution in [0.4, 0.5) is 5.69 Å². The minimum Gasteiger partial charge on any atom is -0.495 e. The van der Waals surface area contributed by atoms with Crippen LogP contribution in [0.1, 0.15) is 23.1 Å². The van der Waals surface area contributed by atoms with E-state index in [-0.39, 0.29) is 23.1 Å². The Kier molecular flexibility index (Phi) is 8.25. The van der Waals surface area contributed by atoms with Crippen LogP contribution in [0.15, 0.2) is 41.3 Å². The lowest BCUT2D eigenvalue weighted by Crippen LogP contribution is -2.41. The van der Waals surface area contributed by atoms with Crippen LogP contribution in [0.2, 0.25) is 0 Å². The van der Waals surface area contributed by atoms with E-state index in [1.54, 1.807) is 44.4 Å². The summed E-state index contributed by atoms with van der Waals surface area (Å²) in [5, 5.41) is 2.75. The molecular weight excluding hydrogens is 404 g/mol. The number of hydrogen-bond acceptors (Lipinski definition) is 5. The van der Waals surface area contributed by atoms with Gasteiger partial charge in [0.25, 0.3) is 10.0 Å². The molecule has 0 bridgehead atoms. The van der Waals surface area contributed by atoms with Crippen LogP contribution in [0.5, 0.6) is 5.75 Å². The van der Waals surface area contributed by atoms with Gasteiger partial charge in [-0.3, -0.25) is 9.10 Å². The molecule has 0 aliphatic carbocycles. The third kappa shape index (κ3) is 5.73. The van der Waals surface area contributed by atoms with Gasteiger partial charge in [0, 0.05) is 20.3 Å². The summed E-state index contributed by atoms with van der Waals surface area (Å²) in [4.78, 5) is 12.6. The number of carbonyl (C=O) groups is 1. The summed E-state index contributed by atoms with van der Waals surface area (Å²) in [6.07, 6.45) is 0.643. The summed E-state index contributed by atoms with van der Waals surface area (Å²) < 4.78 is 38.6. The Morgan fingerprint density at radius 2 is 1.77 bits per heavy atom. The monoisotopic (exact) mass is 434 g/mol. The summed E-state index contributed by atoms with van der Waals surface area (Å²) >= 11 is 0. The lowest BCUT2D eigenvalue weighted by molar-refractivity contribution is -0.119. The number of benzene rings is 2. The molecule has 164 valence electrons. The fraction of sp³-hybridized carbons (Fsp3) is 0.409. The highest BCUT2D eigenvalue weighted by molar-refractivity contribution is 7.93. The van der Waals surface area contributed by atoms with E-state index in [0.29, 0.717) is 25.3 Å². The number of methoxy groups -OCH3 is 2. The number of anilines is 1. The number of nitrogens with one attached hydrogen (secondary N) is 1. The zero-order valence-electron chi connectivity index (χ0n) is 18.2. The second kappa shape index (κ2) is 10.4.